The molecule has 3 N–H and O–H groups in total. The summed E-state index contributed by atoms with van der Waals surface area (Å²) in [6.07, 6.45) is 4.97. The molecule has 0 spiro atoms. The van der Waals surface area contributed by atoms with Gasteiger partial charge in [-0.15, -0.1) is 0 Å². The second-order valence-corrected chi connectivity index (χ2v) is 6.49. The SMILES string of the molecule is O=C(NC(=O)c1ccccc1)NC1CCN(c2ncnc3[nH]ccc23)CC1. The number of nitrogens with one attached hydrogen (secondary N) is 3. The lowest BCUT2D eigenvalue weighted by atomic mass is 10.0. The fourth-order valence-corrected chi connectivity index (χ4v) is 3.33. The molecule has 0 saturated carbocycles. The first-order valence-corrected chi connectivity index (χ1v) is 8.90. The first-order valence-electron chi connectivity index (χ1n) is 8.90. The number of piperidine rings is 1. The molecule has 1 aliphatic heterocycles. The number of carbonyl (C=O) groups excluding carboxylic acids is 2. The van der Waals surface area contributed by atoms with Gasteiger partial charge in [0.1, 0.15) is 17.8 Å². The Bertz CT molecular complexity index is 947. The summed E-state index contributed by atoms with van der Waals surface area (Å²) in [6, 6.07) is 10.2. The second kappa shape index (κ2) is 7.45. The van der Waals surface area contributed by atoms with Crippen molar-refractivity contribution in [3.8, 4) is 0 Å². The monoisotopic (exact) mass is 364 g/mol. The molecule has 2 aromatic heterocycles. The summed E-state index contributed by atoms with van der Waals surface area (Å²) in [7, 11) is 0. The Balaban J connectivity index is 1.31. The van der Waals surface area contributed by atoms with Gasteiger partial charge in [0.25, 0.3) is 5.91 Å². The molecule has 3 amide bonds. The molecule has 3 aromatic rings. The van der Waals surface area contributed by atoms with Crippen LogP contribution in [0.25, 0.3) is 11.0 Å². The molecule has 1 aromatic carbocycles. The van der Waals surface area contributed by atoms with Gasteiger partial charge >= 0.3 is 6.03 Å². The number of nitrogens with zero attached hydrogens (tertiary/aromatic N) is 3. The van der Waals surface area contributed by atoms with Gasteiger partial charge in [-0.1, -0.05) is 18.2 Å². The minimum atomic E-state index is -0.461. The highest BCUT2D eigenvalue weighted by Gasteiger charge is 2.23. The van der Waals surface area contributed by atoms with Gasteiger partial charge in [0.05, 0.1) is 5.39 Å². The van der Waals surface area contributed by atoms with Crippen molar-refractivity contribution in [2.24, 2.45) is 0 Å². The number of aromatic amines is 1. The van der Waals surface area contributed by atoms with E-state index < -0.39 is 11.9 Å². The first-order chi connectivity index (χ1) is 13.2. The van der Waals surface area contributed by atoms with Crippen LogP contribution in [0, 0.1) is 0 Å². The molecule has 0 radical (unpaired) electrons. The average molecular weight is 364 g/mol. The number of H-pyrrole nitrogens is 1. The standard InChI is InChI=1S/C19H20N6O2/c26-18(13-4-2-1-3-5-13)24-19(27)23-14-7-10-25(11-8-14)17-15-6-9-20-16(15)21-12-22-17/h1-6,9,12,14H,7-8,10-11H2,(H,20,21,22)(H2,23,24,26,27). The van der Waals surface area contributed by atoms with E-state index in [1.807, 2.05) is 18.3 Å². The van der Waals surface area contributed by atoms with Gasteiger partial charge in [0.15, 0.2) is 0 Å². The largest absolute Gasteiger partial charge is 0.356 e. The zero-order valence-electron chi connectivity index (χ0n) is 14.7. The third-order valence-corrected chi connectivity index (χ3v) is 4.73. The van der Waals surface area contributed by atoms with Gasteiger partial charge in [0.2, 0.25) is 0 Å². The molecule has 0 bridgehead atoms. The number of benzene rings is 1. The average Bonchev–Trinajstić information content (AvgIpc) is 3.18. The summed E-state index contributed by atoms with van der Waals surface area (Å²) in [5.41, 5.74) is 1.28. The maximum atomic E-state index is 12.1. The normalized spacial score (nSPS) is 14.9. The van der Waals surface area contributed by atoms with Crippen molar-refractivity contribution < 1.29 is 9.59 Å². The van der Waals surface area contributed by atoms with Crippen molar-refractivity contribution in [3.63, 3.8) is 0 Å². The number of rotatable bonds is 3. The first kappa shape index (κ1) is 17.0. The molecule has 1 aliphatic rings. The van der Waals surface area contributed by atoms with E-state index in [-0.39, 0.29) is 6.04 Å². The number of hydrogen-bond acceptors (Lipinski definition) is 5. The summed E-state index contributed by atoms with van der Waals surface area (Å²) < 4.78 is 0. The van der Waals surface area contributed by atoms with Gasteiger partial charge in [-0.25, -0.2) is 14.8 Å². The van der Waals surface area contributed by atoms with Crippen molar-refractivity contribution in [1.29, 1.82) is 0 Å². The minimum Gasteiger partial charge on any atom is -0.356 e. The van der Waals surface area contributed by atoms with E-state index in [1.165, 1.54) is 0 Å². The van der Waals surface area contributed by atoms with E-state index in [4.69, 9.17) is 0 Å². The summed E-state index contributed by atoms with van der Waals surface area (Å²) in [6.45, 7) is 1.55. The van der Waals surface area contributed by atoms with Crippen LogP contribution in [0.15, 0.2) is 48.9 Å². The fraction of sp³-hybridized carbons (Fsp3) is 0.263. The van der Waals surface area contributed by atoms with Crippen LogP contribution in [-0.2, 0) is 0 Å². The van der Waals surface area contributed by atoms with E-state index in [0.29, 0.717) is 5.56 Å². The number of carbonyl (C=O) groups is 2. The smallest absolute Gasteiger partial charge is 0.321 e. The molecular formula is C19H20N6O2. The molecular weight excluding hydrogens is 344 g/mol. The summed E-state index contributed by atoms with van der Waals surface area (Å²) in [5, 5.41) is 6.26. The Hall–Kier alpha value is -3.42. The van der Waals surface area contributed by atoms with Crippen molar-refractivity contribution in [2.75, 3.05) is 18.0 Å². The molecule has 27 heavy (non-hydrogen) atoms. The Morgan fingerprint density at radius 2 is 1.85 bits per heavy atom. The van der Waals surface area contributed by atoms with Crippen LogP contribution in [0.3, 0.4) is 0 Å². The lowest BCUT2D eigenvalue weighted by Gasteiger charge is -2.33. The fourth-order valence-electron chi connectivity index (χ4n) is 3.33. The van der Waals surface area contributed by atoms with Crippen molar-refractivity contribution in [1.82, 2.24) is 25.6 Å². The van der Waals surface area contributed by atoms with Crippen LogP contribution in [-0.4, -0.2) is 46.0 Å². The maximum Gasteiger partial charge on any atom is 0.321 e. The van der Waals surface area contributed by atoms with Crippen LogP contribution in [0.2, 0.25) is 0 Å². The van der Waals surface area contributed by atoms with E-state index in [0.717, 1.165) is 42.8 Å². The third kappa shape index (κ3) is 3.74. The van der Waals surface area contributed by atoms with Crippen LogP contribution in [0.4, 0.5) is 10.6 Å². The number of amides is 3. The molecule has 3 heterocycles. The van der Waals surface area contributed by atoms with Gasteiger partial charge in [0, 0.05) is 30.9 Å². The topological polar surface area (TPSA) is 103 Å². The van der Waals surface area contributed by atoms with Crippen LogP contribution >= 0.6 is 0 Å². The highest BCUT2D eigenvalue weighted by Crippen LogP contribution is 2.24. The van der Waals surface area contributed by atoms with Gasteiger partial charge in [-0.2, -0.15) is 0 Å². The Kier molecular flexibility index (Phi) is 4.69. The molecule has 1 fully saturated rings. The predicted octanol–water partition coefficient (Wildman–Crippen LogP) is 2.07. The molecule has 0 atom stereocenters. The van der Waals surface area contributed by atoms with Crippen LogP contribution in [0.1, 0.15) is 23.2 Å². The zero-order chi connectivity index (χ0) is 18.6. The Morgan fingerprint density at radius 3 is 2.63 bits per heavy atom. The van der Waals surface area contributed by atoms with Crippen molar-refractivity contribution >= 4 is 28.8 Å². The second-order valence-electron chi connectivity index (χ2n) is 6.49. The lowest BCUT2D eigenvalue weighted by Crippen LogP contribution is -2.49. The predicted molar refractivity (Wildman–Crippen MR) is 102 cm³/mol. The number of imide groups is 1. The minimum absolute atomic E-state index is 0.0216. The van der Waals surface area contributed by atoms with Crippen molar-refractivity contribution in [2.45, 2.75) is 18.9 Å². The van der Waals surface area contributed by atoms with Crippen LogP contribution < -0.4 is 15.5 Å². The number of hydrogen-bond donors (Lipinski definition) is 3. The molecule has 8 heteroatoms. The number of fused-ring (bicyclic) bond motifs is 1. The molecule has 138 valence electrons. The molecule has 0 aliphatic carbocycles. The van der Waals surface area contributed by atoms with Crippen LogP contribution in [0.5, 0.6) is 0 Å². The zero-order valence-corrected chi connectivity index (χ0v) is 14.7. The van der Waals surface area contributed by atoms with E-state index >= 15 is 0 Å². The van der Waals surface area contributed by atoms with Crippen molar-refractivity contribution in [3.05, 3.63) is 54.5 Å². The van der Waals surface area contributed by atoms with Gasteiger partial charge < -0.3 is 15.2 Å². The van der Waals surface area contributed by atoms with Gasteiger partial charge in [-0.3, -0.25) is 10.1 Å². The Labute approximate surface area is 156 Å². The molecule has 0 unspecified atom stereocenters. The van der Waals surface area contributed by atoms with E-state index in [2.05, 4.69) is 30.5 Å². The summed E-state index contributed by atoms with van der Waals surface area (Å²) in [4.78, 5) is 38.1. The highest BCUT2D eigenvalue weighted by molar-refractivity contribution is 6.04. The third-order valence-electron chi connectivity index (χ3n) is 4.73. The van der Waals surface area contributed by atoms with E-state index in [1.54, 1.807) is 30.6 Å². The lowest BCUT2D eigenvalue weighted by molar-refractivity contribution is 0.0963. The molecule has 1 saturated heterocycles. The number of urea groups is 1. The van der Waals surface area contributed by atoms with E-state index in [9.17, 15) is 9.59 Å². The summed E-state index contributed by atoms with van der Waals surface area (Å²) in [5.74, 6) is 0.504. The number of anilines is 1. The molecule has 4 rings (SSSR count). The van der Waals surface area contributed by atoms with Gasteiger partial charge in [-0.05, 0) is 31.0 Å². The molecule has 8 nitrogen and oxygen atoms in total. The highest BCUT2D eigenvalue weighted by atomic mass is 16.2. The Morgan fingerprint density at radius 1 is 1.07 bits per heavy atom. The number of aromatic nitrogens is 3. The maximum absolute atomic E-state index is 12.1. The quantitative estimate of drug-likeness (QED) is 0.660. The summed E-state index contributed by atoms with van der Waals surface area (Å²) >= 11 is 0.